The Labute approximate surface area is 132 Å². The normalized spacial score (nSPS) is 21.5. The summed E-state index contributed by atoms with van der Waals surface area (Å²) in [7, 11) is 0. The van der Waals surface area contributed by atoms with E-state index in [1.54, 1.807) is 0 Å². The third-order valence-corrected chi connectivity index (χ3v) is 4.11. The summed E-state index contributed by atoms with van der Waals surface area (Å²) in [5.74, 6) is 0.481. The highest BCUT2D eigenvalue weighted by atomic mass is 15.0. The topological polar surface area (TPSA) is 24.7 Å². The van der Waals surface area contributed by atoms with Crippen molar-refractivity contribution in [2.24, 2.45) is 15.9 Å². The van der Waals surface area contributed by atoms with Crippen LogP contribution in [0, 0.1) is 5.92 Å². The second-order valence-electron chi connectivity index (χ2n) is 6.16. The van der Waals surface area contributed by atoms with Crippen LogP contribution in [0.3, 0.4) is 0 Å². The van der Waals surface area contributed by atoms with Crippen molar-refractivity contribution in [3.8, 4) is 0 Å². The second-order valence-corrected chi connectivity index (χ2v) is 6.16. The third-order valence-electron chi connectivity index (χ3n) is 4.11. The Hall–Kier alpha value is -2.22. The maximum atomic E-state index is 5.08. The molecule has 1 heterocycles. The summed E-state index contributed by atoms with van der Waals surface area (Å²) in [5, 5.41) is 0. The first-order valence-electron chi connectivity index (χ1n) is 7.93. The third kappa shape index (κ3) is 2.87. The molecule has 2 nitrogen and oxygen atoms in total. The van der Waals surface area contributed by atoms with Gasteiger partial charge < -0.3 is 0 Å². The first-order chi connectivity index (χ1) is 10.7. The summed E-state index contributed by atoms with van der Waals surface area (Å²) >= 11 is 0. The Balaban J connectivity index is 2.11. The Morgan fingerprint density at radius 2 is 1.18 bits per heavy atom. The van der Waals surface area contributed by atoms with Crippen LogP contribution in [0.1, 0.15) is 31.9 Å². The maximum absolute atomic E-state index is 5.08. The van der Waals surface area contributed by atoms with Gasteiger partial charge in [0.05, 0.1) is 23.5 Å². The molecule has 2 heteroatoms. The van der Waals surface area contributed by atoms with Crippen LogP contribution in [0.25, 0.3) is 0 Å². The van der Waals surface area contributed by atoms with E-state index in [-0.39, 0.29) is 12.1 Å². The molecule has 2 aromatic rings. The minimum atomic E-state index is 0.211. The number of rotatable bonds is 3. The van der Waals surface area contributed by atoms with Gasteiger partial charge in [-0.15, -0.1) is 0 Å². The summed E-state index contributed by atoms with van der Waals surface area (Å²) in [5.41, 5.74) is 4.31. The van der Waals surface area contributed by atoms with Crippen molar-refractivity contribution in [3.05, 3.63) is 71.8 Å². The van der Waals surface area contributed by atoms with Gasteiger partial charge in [-0.2, -0.15) is 0 Å². The van der Waals surface area contributed by atoms with E-state index in [1.165, 1.54) is 0 Å². The van der Waals surface area contributed by atoms with Crippen LogP contribution in [0.5, 0.6) is 0 Å². The summed E-state index contributed by atoms with van der Waals surface area (Å²) < 4.78 is 0. The SMILES string of the molecule is CC(C)C1N=C(c2ccccc2)C(c2ccccc2)=NC1C. The van der Waals surface area contributed by atoms with Crippen LogP contribution in [-0.2, 0) is 0 Å². The fourth-order valence-corrected chi connectivity index (χ4v) is 2.98. The average molecular weight is 290 g/mol. The standard InChI is InChI=1S/C20H22N2/c1-14(2)18-15(3)21-19(16-10-6-4-7-11-16)20(22-18)17-12-8-5-9-13-17/h4-15,18H,1-3H3. The summed E-state index contributed by atoms with van der Waals surface area (Å²) in [6.45, 7) is 6.60. The summed E-state index contributed by atoms with van der Waals surface area (Å²) in [6.07, 6.45) is 0. The molecule has 0 aliphatic carbocycles. The molecule has 2 atom stereocenters. The molecule has 22 heavy (non-hydrogen) atoms. The molecule has 0 spiro atoms. The first kappa shape index (κ1) is 14.7. The Morgan fingerprint density at radius 1 is 0.727 bits per heavy atom. The molecule has 2 aromatic carbocycles. The predicted octanol–water partition coefficient (Wildman–Crippen LogP) is 4.39. The van der Waals surface area contributed by atoms with Gasteiger partial charge in [0.15, 0.2) is 0 Å². The molecule has 0 saturated heterocycles. The van der Waals surface area contributed by atoms with Crippen LogP contribution in [0.15, 0.2) is 70.6 Å². The number of benzene rings is 2. The number of aliphatic imine (C=N–C) groups is 2. The number of hydrogen-bond acceptors (Lipinski definition) is 2. The lowest BCUT2D eigenvalue weighted by atomic mass is 9.92. The summed E-state index contributed by atoms with van der Waals surface area (Å²) in [6, 6.07) is 21.2. The van der Waals surface area contributed by atoms with E-state index >= 15 is 0 Å². The van der Waals surface area contributed by atoms with Crippen LogP contribution < -0.4 is 0 Å². The molecule has 1 aliphatic rings. The van der Waals surface area contributed by atoms with E-state index in [4.69, 9.17) is 9.98 Å². The van der Waals surface area contributed by atoms with E-state index in [1.807, 2.05) is 12.1 Å². The Bertz CT molecular complexity index is 684. The highest BCUT2D eigenvalue weighted by Crippen LogP contribution is 2.23. The van der Waals surface area contributed by atoms with Gasteiger partial charge in [0.1, 0.15) is 0 Å². The monoisotopic (exact) mass is 290 g/mol. The van der Waals surface area contributed by atoms with Crippen molar-refractivity contribution in [1.82, 2.24) is 0 Å². The van der Waals surface area contributed by atoms with Gasteiger partial charge in [-0.25, -0.2) is 0 Å². The van der Waals surface area contributed by atoms with Gasteiger partial charge in [-0.1, -0.05) is 74.5 Å². The molecule has 0 aromatic heterocycles. The van der Waals surface area contributed by atoms with Crippen LogP contribution >= 0.6 is 0 Å². The lowest BCUT2D eigenvalue weighted by molar-refractivity contribution is 0.434. The molecular formula is C20H22N2. The highest BCUT2D eigenvalue weighted by Gasteiger charge is 2.28. The highest BCUT2D eigenvalue weighted by molar-refractivity contribution is 6.53. The fraction of sp³-hybridized carbons (Fsp3) is 0.300. The Kier molecular flexibility index (Phi) is 4.19. The van der Waals surface area contributed by atoms with E-state index in [2.05, 4.69) is 69.3 Å². The first-order valence-corrected chi connectivity index (χ1v) is 7.93. The van der Waals surface area contributed by atoms with Crippen molar-refractivity contribution in [2.75, 3.05) is 0 Å². The molecule has 112 valence electrons. The Morgan fingerprint density at radius 3 is 1.64 bits per heavy atom. The van der Waals surface area contributed by atoms with Crippen molar-refractivity contribution >= 4 is 11.4 Å². The predicted molar refractivity (Wildman–Crippen MR) is 94.0 cm³/mol. The molecule has 3 rings (SSSR count). The molecule has 0 saturated carbocycles. The lowest BCUT2D eigenvalue weighted by Gasteiger charge is -2.28. The molecule has 0 N–H and O–H groups in total. The van der Waals surface area contributed by atoms with Crippen LogP contribution in [0.2, 0.25) is 0 Å². The van der Waals surface area contributed by atoms with Crippen molar-refractivity contribution in [2.45, 2.75) is 32.9 Å². The fourth-order valence-electron chi connectivity index (χ4n) is 2.98. The maximum Gasteiger partial charge on any atom is 0.0909 e. The smallest absolute Gasteiger partial charge is 0.0909 e. The number of hydrogen-bond donors (Lipinski definition) is 0. The van der Waals surface area contributed by atoms with Crippen molar-refractivity contribution < 1.29 is 0 Å². The molecule has 0 amide bonds. The zero-order valence-electron chi connectivity index (χ0n) is 13.4. The molecule has 0 bridgehead atoms. The second kappa shape index (κ2) is 6.27. The van der Waals surface area contributed by atoms with Gasteiger partial charge in [0.25, 0.3) is 0 Å². The van der Waals surface area contributed by atoms with E-state index in [0.29, 0.717) is 5.92 Å². The lowest BCUT2D eigenvalue weighted by Crippen LogP contribution is -2.35. The van der Waals surface area contributed by atoms with E-state index in [0.717, 1.165) is 22.6 Å². The molecule has 1 aliphatic heterocycles. The quantitative estimate of drug-likeness (QED) is 0.801. The zero-order chi connectivity index (χ0) is 15.5. The number of nitrogens with zero attached hydrogens (tertiary/aromatic N) is 2. The van der Waals surface area contributed by atoms with E-state index in [9.17, 15) is 0 Å². The average Bonchev–Trinajstić information content (AvgIpc) is 2.56. The van der Waals surface area contributed by atoms with E-state index < -0.39 is 0 Å². The van der Waals surface area contributed by atoms with Gasteiger partial charge >= 0.3 is 0 Å². The largest absolute Gasteiger partial charge is 0.277 e. The van der Waals surface area contributed by atoms with Gasteiger partial charge in [0.2, 0.25) is 0 Å². The van der Waals surface area contributed by atoms with Gasteiger partial charge in [-0.3, -0.25) is 9.98 Å². The van der Waals surface area contributed by atoms with Crippen LogP contribution in [-0.4, -0.2) is 23.5 Å². The minimum absolute atomic E-state index is 0.211. The molecular weight excluding hydrogens is 268 g/mol. The molecule has 2 unspecified atom stereocenters. The van der Waals surface area contributed by atoms with Crippen LogP contribution in [0.4, 0.5) is 0 Å². The summed E-state index contributed by atoms with van der Waals surface area (Å²) in [4.78, 5) is 10.1. The molecule has 0 radical (unpaired) electrons. The van der Waals surface area contributed by atoms with Gasteiger partial charge in [0, 0.05) is 11.1 Å². The molecule has 0 fully saturated rings. The zero-order valence-corrected chi connectivity index (χ0v) is 13.4. The van der Waals surface area contributed by atoms with Gasteiger partial charge in [-0.05, 0) is 12.8 Å². The van der Waals surface area contributed by atoms with Crippen molar-refractivity contribution in [1.29, 1.82) is 0 Å². The minimum Gasteiger partial charge on any atom is -0.277 e. The van der Waals surface area contributed by atoms with Crippen molar-refractivity contribution in [3.63, 3.8) is 0 Å².